The van der Waals surface area contributed by atoms with Crippen molar-refractivity contribution >= 4 is 22.4 Å². The summed E-state index contributed by atoms with van der Waals surface area (Å²) >= 11 is 0. The van der Waals surface area contributed by atoms with E-state index in [1.54, 1.807) is 56.4 Å². The number of hydrazone groups is 1. The van der Waals surface area contributed by atoms with Gasteiger partial charge < -0.3 is 0 Å². The maximum Gasteiger partial charge on any atom is 0.292 e. The van der Waals surface area contributed by atoms with E-state index in [2.05, 4.69) is 20.6 Å². The van der Waals surface area contributed by atoms with Gasteiger partial charge in [0.15, 0.2) is 5.69 Å². The summed E-state index contributed by atoms with van der Waals surface area (Å²) < 4.78 is 1.27. The first-order valence-electron chi connectivity index (χ1n) is 7.87. The van der Waals surface area contributed by atoms with Gasteiger partial charge in [0, 0.05) is 18.1 Å². The SMILES string of the molecule is CCn1nc(C(=O)N/N=C(/C)c2ccccn2)c2ccccc2c1=O. The predicted octanol–water partition coefficient (Wildman–Crippen LogP) is 1.97. The van der Waals surface area contributed by atoms with E-state index in [1.807, 2.05) is 6.07 Å². The zero-order valence-corrected chi connectivity index (χ0v) is 13.9. The lowest BCUT2D eigenvalue weighted by molar-refractivity contribution is 0.0949. The molecule has 7 nitrogen and oxygen atoms in total. The molecule has 1 N–H and O–H groups in total. The van der Waals surface area contributed by atoms with Gasteiger partial charge in [0.2, 0.25) is 0 Å². The molecule has 1 aromatic carbocycles. The van der Waals surface area contributed by atoms with E-state index in [1.165, 1.54) is 4.68 Å². The van der Waals surface area contributed by atoms with Gasteiger partial charge in [-0.3, -0.25) is 14.6 Å². The Bertz CT molecular complexity index is 1010. The van der Waals surface area contributed by atoms with Gasteiger partial charge >= 0.3 is 0 Å². The number of fused-ring (bicyclic) bond motifs is 1. The predicted molar refractivity (Wildman–Crippen MR) is 95.6 cm³/mol. The molecular formula is C18H17N5O2. The summed E-state index contributed by atoms with van der Waals surface area (Å²) in [5.74, 6) is -0.478. The van der Waals surface area contributed by atoms with E-state index < -0.39 is 5.91 Å². The van der Waals surface area contributed by atoms with Crippen LogP contribution in [-0.2, 0) is 6.54 Å². The Morgan fingerprint density at radius 1 is 1.16 bits per heavy atom. The molecule has 0 bridgehead atoms. The summed E-state index contributed by atoms with van der Waals surface area (Å²) in [6.45, 7) is 3.93. The topological polar surface area (TPSA) is 89.2 Å². The highest BCUT2D eigenvalue weighted by atomic mass is 16.2. The van der Waals surface area contributed by atoms with E-state index in [9.17, 15) is 9.59 Å². The summed E-state index contributed by atoms with van der Waals surface area (Å²) in [4.78, 5) is 29.1. The quantitative estimate of drug-likeness (QED) is 0.583. The number of pyridine rings is 1. The number of aryl methyl sites for hydroxylation is 1. The number of nitrogens with one attached hydrogen (secondary N) is 1. The molecule has 0 aliphatic carbocycles. The van der Waals surface area contributed by atoms with Crippen LogP contribution < -0.4 is 11.0 Å². The largest absolute Gasteiger partial charge is 0.292 e. The van der Waals surface area contributed by atoms with Crippen LogP contribution in [0.4, 0.5) is 0 Å². The molecule has 3 rings (SSSR count). The molecule has 3 aromatic rings. The van der Waals surface area contributed by atoms with Gasteiger partial charge in [-0.2, -0.15) is 10.2 Å². The molecule has 2 aromatic heterocycles. The van der Waals surface area contributed by atoms with Gasteiger partial charge in [0.1, 0.15) is 0 Å². The second-order valence-corrected chi connectivity index (χ2v) is 5.37. The minimum Gasteiger partial charge on any atom is -0.267 e. The molecule has 0 unspecified atom stereocenters. The summed E-state index contributed by atoms with van der Waals surface area (Å²) in [6, 6.07) is 12.4. The average Bonchev–Trinajstić information content (AvgIpc) is 2.67. The van der Waals surface area contributed by atoms with E-state index in [0.717, 1.165) is 0 Å². The van der Waals surface area contributed by atoms with Crippen molar-refractivity contribution in [2.75, 3.05) is 0 Å². The fourth-order valence-electron chi connectivity index (χ4n) is 2.44. The van der Waals surface area contributed by atoms with Gasteiger partial charge in [0.25, 0.3) is 11.5 Å². The van der Waals surface area contributed by atoms with Crippen molar-refractivity contribution in [2.24, 2.45) is 5.10 Å². The van der Waals surface area contributed by atoms with E-state index in [0.29, 0.717) is 28.7 Å². The summed E-state index contributed by atoms with van der Waals surface area (Å²) in [5.41, 5.74) is 3.67. The van der Waals surface area contributed by atoms with Crippen molar-refractivity contribution in [1.29, 1.82) is 0 Å². The van der Waals surface area contributed by atoms with E-state index in [4.69, 9.17) is 0 Å². The highest BCUT2D eigenvalue weighted by Crippen LogP contribution is 2.13. The normalized spacial score (nSPS) is 11.5. The van der Waals surface area contributed by atoms with Gasteiger partial charge in [-0.25, -0.2) is 10.1 Å². The molecule has 0 fully saturated rings. The molecule has 126 valence electrons. The highest BCUT2D eigenvalue weighted by molar-refractivity contribution is 6.05. The van der Waals surface area contributed by atoms with Crippen LogP contribution in [0.3, 0.4) is 0 Å². The van der Waals surface area contributed by atoms with Crippen LogP contribution in [0.1, 0.15) is 30.0 Å². The molecule has 0 radical (unpaired) electrons. The number of benzene rings is 1. The van der Waals surface area contributed by atoms with Gasteiger partial charge in [-0.15, -0.1) is 0 Å². The van der Waals surface area contributed by atoms with Crippen molar-refractivity contribution in [2.45, 2.75) is 20.4 Å². The number of hydrogen-bond acceptors (Lipinski definition) is 5. The zero-order valence-electron chi connectivity index (χ0n) is 13.9. The molecule has 7 heteroatoms. The first-order valence-corrected chi connectivity index (χ1v) is 7.87. The third-order valence-electron chi connectivity index (χ3n) is 3.74. The Kier molecular flexibility index (Phi) is 4.65. The molecular weight excluding hydrogens is 318 g/mol. The Morgan fingerprint density at radius 2 is 1.88 bits per heavy atom. The molecule has 0 atom stereocenters. The van der Waals surface area contributed by atoms with Crippen LogP contribution in [0.25, 0.3) is 10.8 Å². The Labute approximate surface area is 144 Å². The third kappa shape index (κ3) is 3.30. The molecule has 0 saturated carbocycles. The number of hydrogen-bond donors (Lipinski definition) is 1. The fraction of sp³-hybridized carbons (Fsp3) is 0.167. The van der Waals surface area contributed by atoms with Crippen LogP contribution in [0.5, 0.6) is 0 Å². The van der Waals surface area contributed by atoms with Crippen molar-refractivity contribution in [3.63, 3.8) is 0 Å². The van der Waals surface area contributed by atoms with E-state index in [-0.39, 0.29) is 11.3 Å². The summed E-state index contributed by atoms with van der Waals surface area (Å²) in [5, 5.41) is 9.21. The third-order valence-corrected chi connectivity index (χ3v) is 3.74. The lowest BCUT2D eigenvalue weighted by Gasteiger charge is -2.08. The highest BCUT2D eigenvalue weighted by Gasteiger charge is 2.16. The number of carbonyl (C=O) groups is 1. The second kappa shape index (κ2) is 7.04. The minimum atomic E-state index is -0.478. The molecule has 25 heavy (non-hydrogen) atoms. The number of amides is 1. The second-order valence-electron chi connectivity index (χ2n) is 5.37. The van der Waals surface area contributed by atoms with Gasteiger partial charge in [-0.05, 0) is 32.0 Å². The average molecular weight is 335 g/mol. The number of nitrogens with zero attached hydrogens (tertiary/aromatic N) is 4. The fourth-order valence-corrected chi connectivity index (χ4v) is 2.44. The lowest BCUT2D eigenvalue weighted by Crippen LogP contribution is -2.29. The lowest BCUT2D eigenvalue weighted by atomic mass is 10.1. The molecule has 0 aliphatic rings. The molecule has 2 heterocycles. The maximum absolute atomic E-state index is 12.6. The first-order chi connectivity index (χ1) is 12.1. The Morgan fingerprint density at radius 3 is 2.56 bits per heavy atom. The molecule has 1 amide bonds. The van der Waals surface area contributed by atoms with Crippen molar-refractivity contribution in [1.82, 2.24) is 20.2 Å². The maximum atomic E-state index is 12.6. The van der Waals surface area contributed by atoms with Gasteiger partial charge in [-0.1, -0.05) is 24.3 Å². The van der Waals surface area contributed by atoms with Crippen LogP contribution in [0.15, 0.2) is 58.6 Å². The van der Waals surface area contributed by atoms with Gasteiger partial charge in [0.05, 0.1) is 16.8 Å². The van der Waals surface area contributed by atoms with Crippen LogP contribution >= 0.6 is 0 Å². The van der Waals surface area contributed by atoms with Crippen molar-refractivity contribution in [3.05, 3.63) is 70.4 Å². The standard InChI is InChI=1S/C18H17N5O2/c1-3-23-18(25)14-9-5-4-8-13(14)16(22-23)17(24)21-20-12(2)15-10-6-7-11-19-15/h4-11H,3H2,1-2H3,(H,21,24)/b20-12-. The van der Waals surface area contributed by atoms with Crippen LogP contribution in [0, 0.1) is 0 Å². The molecule has 0 aliphatic heterocycles. The Balaban J connectivity index is 1.98. The summed E-state index contributed by atoms with van der Waals surface area (Å²) in [7, 11) is 0. The number of carbonyl (C=O) groups excluding carboxylic acids is 1. The van der Waals surface area contributed by atoms with Crippen LogP contribution in [-0.4, -0.2) is 26.4 Å². The number of aromatic nitrogens is 3. The van der Waals surface area contributed by atoms with E-state index >= 15 is 0 Å². The summed E-state index contributed by atoms with van der Waals surface area (Å²) in [6.07, 6.45) is 1.66. The van der Waals surface area contributed by atoms with Crippen molar-refractivity contribution in [3.8, 4) is 0 Å². The van der Waals surface area contributed by atoms with Crippen molar-refractivity contribution < 1.29 is 4.79 Å². The minimum absolute atomic E-state index is 0.162. The number of rotatable bonds is 4. The first kappa shape index (κ1) is 16.5. The molecule has 0 saturated heterocycles. The Hall–Kier alpha value is -3.35. The van der Waals surface area contributed by atoms with Crippen LogP contribution in [0.2, 0.25) is 0 Å². The molecule has 0 spiro atoms. The zero-order chi connectivity index (χ0) is 17.8. The monoisotopic (exact) mass is 335 g/mol. The smallest absolute Gasteiger partial charge is 0.267 e.